The van der Waals surface area contributed by atoms with Gasteiger partial charge in [0.25, 0.3) is 0 Å². The molecule has 19 heavy (non-hydrogen) atoms. The highest BCUT2D eigenvalue weighted by Gasteiger charge is 2.31. The standard InChI is InChI=1S/C13H19BrN2O3/c1-9(16(12(17)18)13(2,3)4)8-19-11-10(14)6-5-7-15-11/h5-7,9H,8H2,1-4H3,(H,17,18)/t9-/m1/s1. The van der Waals surface area contributed by atoms with Gasteiger partial charge in [0.1, 0.15) is 6.61 Å². The summed E-state index contributed by atoms with van der Waals surface area (Å²) in [7, 11) is 0. The van der Waals surface area contributed by atoms with E-state index in [9.17, 15) is 9.90 Å². The van der Waals surface area contributed by atoms with Crippen molar-refractivity contribution < 1.29 is 14.6 Å². The molecule has 0 aromatic carbocycles. The molecule has 6 heteroatoms. The molecule has 5 nitrogen and oxygen atoms in total. The first-order valence-corrected chi connectivity index (χ1v) is 6.78. The van der Waals surface area contributed by atoms with E-state index in [1.54, 1.807) is 12.3 Å². The predicted molar refractivity (Wildman–Crippen MR) is 76.5 cm³/mol. The normalized spacial score (nSPS) is 12.9. The molecule has 0 saturated carbocycles. The van der Waals surface area contributed by atoms with Crippen molar-refractivity contribution in [3.05, 3.63) is 22.8 Å². The molecule has 1 aromatic heterocycles. The van der Waals surface area contributed by atoms with Crippen LogP contribution in [0.1, 0.15) is 27.7 Å². The van der Waals surface area contributed by atoms with Gasteiger partial charge in [-0.05, 0) is 55.8 Å². The SMILES string of the molecule is C[C@H](COc1ncccc1Br)N(C(=O)O)C(C)(C)C. The second kappa shape index (κ2) is 6.23. The Morgan fingerprint density at radius 1 is 1.58 bits per heavy atom. The van der Waals surface area contributed by atoms with Crippen LogP contribution in [0.2, 0.25) is 0 Å². The molecule has 1 rings (SSSR count). The number of carboxylic acid groups (broad SMARTS) is 1. The Hall–Kier alpha value is -1.30. The highest BCUT2D eigenvalue weighted by Crippen LogP contribution is 2.22. The molecule has 0 saturated heterocycles. The zero-order valence-electron chi connectivity index (χ0n) is 11.6. The Labute approximate surface area is 121 Å². The monoisotopic (exact) mass is 330 g/mol. The minimum absolute atomic E-state index is 0.249. The number of hydrogen-bond donors (Lipinski definition) is 1. The molecule has 1 aromatic rings. The number of carbonyl (C=O) groups is 1. The van der Waals surface area contributed by atoms with Crippen LogP contribution in [0.25, 0.3) is 0 Å². The summed E-state index contributed by atoms with van der Waals surface area (Å²) in [5.41, 5.74) is -0.476. The largest absolute Gasteiger partial charge is 0.475 e. The van der Waals surface area contributed by atoms with Crippen molar-refractivity contribution in [2.24, 2.45) is 0 Å². The smallest absolute Gasteiger partial charge is 0.408 e. The van der Waals surface area contributed by atoms with E-state index in [0.29, 0.717) is 5.88 Å². The fourth-order valence-electron chi connectivity index (χ4n) is 1.89. The second-order valence-electron chi connectivity index (χ2n) is 5.27. The quantitative estimate of drug-likeness (QED) is 0.919. The molecule has 1 N–H and O–H groups in total. The van der Waals surface area contributed by atoms with E-state index in [1.165, 1.54) is 4.90 Å². The van der Waals surface area contributed by atoms with Gasteiger partial charge in [0.15, 0.2) is 0 Å². The third-order valence-corrected chi connectivity index (χ3v) is 3.16. The van der Waals surface area contributed by atoms with Crippen molar-refractivity contribution in [3.8, 4) is 5.88 Å². The van der Waals surface area contributed by atoms with Crippen molar-refractivity contribution in [1.82, 2.24) is 9.88 Å². The third kappa shape index (κ3) is 4.38. The number of aromatic nitrogens is 1. The number of amides is 1. The molecule has 0 aliphatic heterocycles. The number of pyridine rings is 1. The molecule has 1 atom stereocenters. The molecule has 0 radical (unpaired) electrons. The van der Waals surface area contributed by atoms with Gasteiger partial charge in [-0.25, -0.2) is 9.78 Å². The van der Waals surface area contributed by atoms with Crippen LogP contribution >= 0.6 is 15.9 Å². The van der Waals surface area contributed by atoms with Gasteiger partial charge in [-0.1, -0.05) is 0 Å². The van der Waals surface area contributed by atoms with Crippen LogP contribution in [-0.4, -0.2) is 39.3 Å². The lowest BCUT2D eigenvalue weighted by Crippen LogP contribution is -2.52. The lowest BCUT2D eigenvalue weighted by Gasteiger charge is -2.37. The number of rotatable bonds is 4. The van der Waals surface area contributed by atoms with Gasteiger partial charge in [0.05, 0.1) is 10.5 Å². The Kier molecular flexibility index (Phi) is 5.17. The molecule has 1 heterocycles. The molecule has 0 fully saturated rings. The van der Waals surface area contributed by atoms with E-state index in [-0.39, 0.29) is 12.6 Å². The summed E-state index contributed by atoms with van der Waals surface area (Å²) >= 11 is 3.33. The third-order valence-electron chi connectivity index (χ3n) is 2.56. The summed E-state index contributed by atoms with van der Waals surface area (Å²) in [4.78, 5) is 16.8. The molecule has 0 aliphatic rings. The van der Waals surface area contributed by atoms with Crippen LogP contribution in [0.15, 0.2) is 22.8 Å². The summed E-state index contributed by atoms with van der Waals surface area (Å²) in [5.74, 6) is 0.466. The number of nitrogens with zero attached hydrogens (tertiary/aromatic N) is 2. The van der Waals surface area contributed by atoms with Gasteiger partial charge in [-0.15, -0.1) is 0 Å². The van der Waals surface area contributed by atoms with Crippen molar-refractivity contribution in [3.63, 3.8) is 0 Å². The molecule has 0 spiro atoms. The van der Waals surface area contributed by atoms with Crippen molar-refractivity contribution >= 4 is 22.0 Å². The fourth-order valence-corrected chi connectivity index (χ4v) is 2.26. The maximum Gasteiger partial charge on any atom is 0.408 e. The van der Waals surface area contributed by atoms with E-state index >= 15 is 0 Å². The number of hydrogen-bond acceptors (Lipinski definition) is 3. The topological polar surface area (TPSA) is 62.7 Å². The molecule has 1 amide bonds. The van der Waals surface area contributed by atoms with E-state index in [4.69, 9.17) is 4.74 Å². The van der Waals surface area contributed by atoms with Gasteiger partial charge in [0, 0.05) is 11.7 Å². The van der Waals surface area contributed by atoms with Crippen LogP contribution in [0.4, 0.5) is 4.79 Å². The molecule has 0 bridgehead atoms. The molecule has 0 unspecified atom stereocenters. The maximum absolute atomic E-state index is 11.3. The zero-order chi connectivity index (χ0) is 14.6. The maximum atomic E-state index is 11.3. The van der Waals surface area contributed by atoms with Crippen LogP contribution < -0.4 is 4.74 Å². The fraction of sp³-hybridized carbons (Fsp3) is 0.538. The first-order valence-electron chi connectivity index (χ1n) is 5.99. The average Bonchev–Trinajstić information content (AvgIpc) is 2.25. The van der Waals surface area contributed by atoms with Crippen LogP contribution in [0.3, 0.4) is 0 Å². The summed E-state index contributed by atoms with van der Waals surface area (Å²) in [6, 6.07) is 3.34. The molecule has 106 valence electrons. The Bertz CT molecular complexity index is 446. The van der Waals surface area contributed by atoms with Crippen LogP contribution in [0.5, 0.6) is 5.88 Å². The summed E-state index contributed by atoms with van der Waals surface area (Å²) in [6.45, 7) is 7.63. The lowest BCUT2D eigenvalue weighted by atomic mass is 10.0. The molecule has 0 aliphatic carbocycles. The summed E-state index contributed by atoms with van der Waals surface area (Å²) < 4.78 is 6.31. The minimum Gasteiger partial charge on any atom is -0.475 e. The molecular weight excluding hydrogens is 312 g/mol. The van der Waals surface area contributed by atoms with Crippen molar-refractivity contribution in [2.45, 2.75) is 39.3 Å². The lowest BCUT2D eigenvalue weighted by molar-refractivity contribution is 0.0568. The van der Waals surface area contributed by atoms with E-state index in [1.807, 2.05) is 33.8 Å². The Balaban J connectivity index is 2.71. The van der Waals surface area contributed by atoms with Crippen molar-refractivity contribution in [1.29, 1.82) is 0 Å². The first-order chi connectivity index (χ1) is 8.73. The zero-order valence-corrected chi connectivity index (χ0v) is 13.1. The van der Waals surface area contributed by atoms with Gasteiger partial charge >= 0.3 is 6.09 Å². The van der Waals surface area contributed by atoms with Gasteiger partial charge in [-0.3, -0.25) is 4.90 Å². The van der Waals surface area contributed by atoms with Crippen molar-refractivity contribution in [2.75, 3.05) is 6.61 Å². The second-order valence-corrected chi connectivity index (χ2v) is 6.13. The molecular formula is C13H19BrN2O3. The first kappa shape index (κ1) is 15.8. The van der Waals surface area contributed by atoms with Crippen LogP contribution in [0, 0.1) is 0 Å². The minimum atomic E-state index is -0.955. The Morgan fingerprint density at radius 3 is 2.68 bits per heavy atom. The average molecular weight is 331 g/mol. The number of halogens is 1. The van der Waals surface area contributed by atoms with Gasteiger partial charge < -0.3 is 9.84 Å². The number of ether oxygens (including phenoxy) is 1. The highest BCUT2D eigenvalue weighted by molar-refractivity contribution is 9.10. The summed E-state index contributed by atoms with van der Waals surface area (Å²) in [5, 5.41) is 9.28. The van der Waals surface area contributed by atoms with Crippen LogP contribution in [-0.2, 0) is 0 Å². The van der Waals surface area contributed by atoms with Gasteiger partial charge in [0.2, 0.25) is 5.88 Å². The van der Waals surface area contributed by atoms with E-state index in [0.717, 1.165) is 4.47 Å². The Morgan fingerprint density at radius 2 is 2.21 bits per heavy atom. The summed E-state index contributed by atoms with van der Waals surface area (Å²) in [6.07, 6.45) is 0.674. The van der Waals surface area contributed by atoms with Gasteiger partial charge in [-0.2, -0.15) is 0 Å². The predicted octanol–water partition coefficient (Wildman–Crippen LogP) is 3.39. The highest BCUT2D eigenvalue weighted by atomic mass is 79.9. The van der Waals surface area contributed by atoms with E-state index in [2.05, 4.69) is 20.9 Å². The van der Waals surface area contributed by atoms with E-state index < -0.39 is 11.6 Å².